The van der Waals surface area contributed by atoms with Crippen molar-refractivity contribution in [3.8, 4) is 0 Å². The number of nitrogens with one attached hydrogen (secondary N) is 1. The van der Waals surface area contributed by atoms with Crippen LogP contribution in [0, 0.1) is 5.41 Å². The van der Waals surface area contributed by atoms with Gasteiger partial charge in [0.15, 0.2) is 0 Å². The first-order valence-electron chi connectivity index (χ1n) is 5.91. The summed E-state index contributed by atoms with van der Waals surface area (Å²) < 4.78 is 4.82. The van der Waals surface area contributed by atoms with Gasteiger partial charge in [-0.25, -0.2) is 0 Å². The molecule has 1 saturated carbocycles. The fourth-order valence-electron chi connectivity index (χ4n) is 1.91. The van der Waals surface area contributed by atoms with Crippen LogP contribution in [0.4, 0.5) is 0 Å². The van der Waals surface area contributed by atoms with Crippen LogP contribution in [0.1, 0.15) is 31.5 Å². The predicted octanol–water partition coefficient (Wildman–Crippen LogP) is 1.69. The maximum atomic E-state index is 11.6. The van der Waals surface area contributed by atoms with E-state index in [0.717, 1.165) is 18.5 Å². The molecule has 2 rings (SSSR count). The van der Waals surface area contributed by atoms with E-state index in [-0.39, 0.29) is 17.4 Å². The number of rotatable bonds is 5. The molecule has 1 aliphatic rings. The average molecular weight is 234 g/mol. The molecule has 1 aliphatic carbocycles. The highest BCUT2D eigenvalue weighted by Gasteiger charge is 2.50. The smallest absolute Gasteiger partial charge is 0.313 e. The summed E-state index contributed by atoms with van der Waals surface area (Å²) in [5, 5.41) is 3.35. The topological polar surface area (TPSA) is 51.2 Å². The lowest BCUT2D eigenvalue weighted by Crippen LogP contribution is -2.32. The Morgan fingerprint density at radius 3 is 2.88 bits per heavy atom. The van der Waals surface area contributed by atoms with Gasteiger partial charge in [0.1, 0.15) is 0 Å². The summed E-state index contributed by atoms with van der Waals surface area (Å²) >= 11 is 0. The van der Waals surface area contributed by atoms with Crippen LogP contribution in [0.3, 0.4) is 0 Å². The Balaban J connectivity index is 1.89. The molecule has 1 fully saturated rings. The lowest BCUT2D eigenvalue weighted by Gasteiger charge is -2.18. The quantitative estimate of drug-likeness (QED) is 0.788. The van der Waals surface area contributed by atoms with E-state index in [1.165, 1.54) is 7.11 Å². The largest absolute Gasteiger partial charge is 0.469 e. The molecular weight excluding hydrogens is 216 g/mol. The van der Waals surface area contributed by atoms with E-state index in [1.54, 1.807) is 6.20 Å². The fourth-order valence-corrected chi connectivity index (χ4v) is 1.91. The van der Waals surface area contributed by atoms with Crippen molar-refractivity contribution >= 4 is 5.97 Å². The van der Waals surface area contributed by atoms with Gasteiger partial charge in [-0.2, -0.15) is 0 Å². The number of hydrogen-bond acceptors (Lipinski definition) is 4. The van der Waals surface area contributed by atoms with Gasteiger partial charge < -0.3 is 10.1 Å². The number of pyridine rings is 1. The van der Waals surface area contributed by atoms with Gasteiger partial charge in [0.2, 0.25) is 0 Å². The molecule has 0 spiro atoms. The molecule has 0 amide bonds. The lowest BCUT2D eigenvalue weighted by atomic mass is 10.1. The van der Waals surface area contributed by atoms with Crippen LogP contribution >= 0.6 is 0 Å². The molecule has 1 atom stereocenters. The maximum absolute atomic E-state index is 11.6. The van der Waals surface area contributed by atoms with Gasteiger partial charge in [0, 0.05) is 18.8 Å². The minimum absolute atomic E-state index is 0.0989. The van der Waals surface area contributed by atoms with Gasteiger partial charge >= 0.3 is 5.97 Å². The van der Waals surface area contributed by atoms with Gasteiger partial charge in [-0.1, -0.05) is 6.07 Å². The van der Waals surface area contributed by atoms with E-state index in [2.05, 4.69) is 17.2 Å². The summed E-state index contributed by atoms with van der Waals surface area (Å²) in [6, 6.07) is 5.99. The second-order valence-electron chi connectivity index (χ2n) is 4.63. The Kier molecular flexibility index (Phi) is 3.43. The Labute approximate surface area is 101 Å². The van der Waals surface area contributed by atoms with Crippen molar-refractivity contribution in [2.45, 2.75) is 25.8 Å². The molecule has 92 valence electrons. The monoisotopic (exact) mass is 234 g/mol. The Hall–Kier alpha value is -1.42. The van der Waals surface area contributed by atoms with Crippen LogP contribution in [0.25, 0.3) is 0 Å². The zero-order chi connectivity index (χ0) is 12.3. The number of aromatic nitrogens is 1. The minimum Gasteiger partial charge on any atom is -0.469 e. The van der Waals surface area contributed by atoms with E-state index in [0.29, 0.717) is 6.54 Å². The Morgan fingerprint density at radius 1 is 1.59 bits per heavy atom. The van der Waals surface area contributed by atoms with Crippen molar-refractivity contribution in [3.05, 3.63) is 30.1 Å². The molecule has 0 radical (unpaired) electrons. The number of methoxy groups -OCH3 is 1. The standard InChI is InChI=1S/C13H18N2O2/c1-10(11-5-3-4-8-14-11)15-9-13(6-7-13)12(16)17-2/h3-5,8,10,15H,6-7,9H2,1-2H3. The van der Waals surface area contributed by atoms with Gasteiger partial charge in [-0.3, -0.25) is 9.78 Å². The number of hydrogen-bond donors (Lipinski definition) is 1. The van der Waals surface area contributed by atoms with Crippen molar-refractivity contribution in [3.63, 3.8) is 0 Å². The van der Waals surface area contributed by atoms with Crippen molar-refractivity contribution in [1.82, 2.24) is 10.3 Å². The van der Waals surface area contributed by atoms with Crippen LogP contribution in [-0.2, 0) is 9.53 Å². The van der Waals surface area contributed by atoms with Gasteiger partial charge in [-0.05, 0) is 31.9 Å². The van der Waals surface area contributed by atoms with E-state index in [4.69, 9.17) is 4.74 Å². The molecular formula is C13H18N2O2. The second kappa shape index (κ2) is 4.84. The molecule has 4 nitrogen and oxygen atoms in total. The van der Waals surface area contributed by atoms with Gasteiger partial charge in [-0.15, -0.1) is 0 Å². The molecule has 1 aromatic rings. The summed E-state index contributed by atoms with van der Waals surface area (Å²) in [4.78, 5) is 15.9. The number of carbonyl (C=O) groups is 1. The Bertz CT molecular complexity index is 388. The third-order valence-corrected chi connectivity index (χ3v) is 3.35. The molecule has 1 N–H and O–H groups in total. The number of esters is 1. The molecule has 0 saturated heterocycles. The predicted molar refractivity (Wildman–Crippen MR) is 64.3 cm³/mol. The van der Waals surface area contributed by atoms with E-state index in [9.17, 15) is 4.79 Å². The van der Waals surface area contributed by atoms with E-state index >= 15 is 0 Å². The first kappa shape index (κ1) is 12.0. The van der Waals surface area contributed by atoms with E-state index in [1.807, 2.05) is 18.2 Å². The van der Waals surface area contributed by atoms with Crippen LogP contribution in [-0.4, -0.2) is 24.6 Å². The highest BCUT2D eigenvalue weighted by atomic mass is 16.5. The SMILES string of the molecule is COC(=O)C1(CNC(C)c2ccccn2)CC1. The van der Waals surface area contributed by atoms with Gasteiger partial charge in [0.25, 0.3) is 0 Å². The molecule has 1 aromatic heterocycles. The molecule has 17 heavy (non-hydrogen) atoms. The number of ether oxygens (including phenoxy) is 1. The van der Waals surface area contributed by atoms with Crippen molar-refractivity contribution in [1.29, 1.82) is 0 Å². The minimum atomic E-state index is -0.280. The third-order valence-electron chi connectivity index (χ3n) is 3.35. The maximum Gasteiger partial charge on any atom is 0.313 e. The molecule has 0 aliphatic heterocycles. The highest BCUT2D eigenvalue weighted by molar-refractivity contribution is 5.80. The van der Waals surface area contributed by atoms with Gasteiger partial charge in [0.05, 0.1) is 18.2 Å². The normalized spacial score (nSPS) is 18.5. The zero-order valence-corrected chi connectivity index (χ0v) is 10.3. The summed E-state index contributed by atoms with van der Waals surface area (Å²) in [7, 11) is 1.45. The zero-order valence-electron chi connectivity index (χ0n) is 10.3. The molecule has 1 unspecified atom stereocenters. The third kappa shape index (κ3) is 2.64. The summed E-state index contributed by atoms with van der Waals surface area (Å²) in [6.45, 7) is 2.72. The lowest BCUT2D eigenvalue weighted by molar-refractivity contribution is -0.146. The molecule has 1 heterocycles. The summed E-state index contributed by atoms with van der Waals surface area (Å²) in [5.41, 5.74) is 0.714. The summed E-state index contributed by atoms with van der Waals surface area (Å²) in [6.07, 6.45) is 3.62. The van der Waals surface area contributed by atoms with Crippen molar-refractivity contribution in [2.75, 3.05) is 13.7 Å². The van der Waals surface area contributed by atoms with Crippen molar-refractivity contribution in [2.24, 2.45) is 5.41 Å². The molecule has 0 aromatic carbocycles. The fraction of sp³-hybridized carbons (Fsp3) is 0.538. The first-order valence-corrected chi connectivity index (χ1v) is 5.91. The summed E-state index contributed by atoms with van der Waals surface area (Å²) in [5.74, 6) is -0.0989. The van der Waals surface area contributed by atoms with E-state index < -0.39 is 0 Å². The van der Waals surface area contributed by atoms with Crippen LogP contribution < -0.4 is 5.32 Å². The molecule has 4 heteroatoms. The Morgan fingerprint density at radius 2 is 2.35 bits per heavy atom. The second-order valence-corrected chi connectivity index (χ2v) is 4.63. The highest BCUT2D eigenvalue weighted by Crippen LogP contribution is 2.46. The van der Waals surface area contributed by atoms with Crippen LogP contribution in [0.5, 0.6) is 0 Å². The first-order chi connectivity index (χ1) is 8.18. The molecule has 0 bridgehead atoms. The van der Waals surface area contributed by atoms with Crippen LogP contribution in [0.2, 0.25) is 0 Å². The van der Waals surface area contributed by atoms with Crippen molar-refractivity contribution < 1.29 is 9.53 Å². The van der Waals surface area contributed by atoms with Crippen LogP contribution in [0.15, 0.2) is 24.4 Å². The number of carbonyl (C=O) groups excluding carboxylic acids is 1. The average Bonchev–Trinajstić information content (AvgIpc) is 3.17. The number of nitrogens with zero attached hydrogens (tertiary/aromatic N) is 1.